The Morgan fingerprint density at radius 2 is 2.05 bits per heavy atom. The van der Waals surface area contributed by atoms with E-state index in [1.54, 1.807) is 17.1 Å². The van der Waals surface area contributed by atoms with Gasteiger partial charge in [0.15, 0.2) is 0 Å². The van der Waals surface area contributed by atoms with Gasteiger partial charge < -0.3 is 0 Å². The standard InChI is InChI=1S/C15H18ClN3O/c1-3-13-15(16)14(19(2)18-13)10-12(20)5-4-11-6-8-17-9-7-11/h6-9H,3-5,10H2,1-2H3. The predicted molar refractivity (Wildman–Crippen MR) is 78.9 cm³/mol. The molecule has 106 valence electrons. The average molecular weight is 292 g/mol. The number of carbonyl (C=O) groups excluding carboxylic acids is 1. The molecule has 0 aliphatic carbocycles. The minimum Gasteiger partial charge on any atom is -0.299 e. The van der Waals surface area contributed by atoms with Gasteiger partial charge in [-0.2, -0.15) is 5.10 Å². The van der Waals surface area contributed by atoms with Crippen LogP contribution in [-0.4, -0.2) is 20.5 Å². The van der Waals surface area contributed by atoms with E-state index in [0.29, 0.717) is 17.9 Å². The van der Waals surface area contributed by atoms with Crippen LogP contribution in [0.2, 0.25) is 5.02 Å². The summed E-state index contributed by atoms with van der Waals surface area (Å²) < 4.78 is 1.71. The molecular formula is C15H18ClN3O. The van der Waals surface area contributed by atoms with Crippen molar-refractivity contribution >= 4 is 17.4 Å². The van der Waals surface area contributed by atoms with Crippen molar-refractivity contribution in [3.63, 3.8) is 0 Å². The molecule has 2 rings (SSSR count). The van der Waals surface area contributed by atoms with E-state index in [-0.39, 0.29) is 5.78 Å². The van der Waals surface area contributed by atoms with Gasteiger partial charge in [-0.3, -0.25) is 14.5 Å². The van der Waals surface area contributed by atoms with Crippen molar-refractivity contribution in [1.82, 2.24) is 14.8 Å². The quantitative estimate of drug-likeness (QED) is 0.822. The maximum atomic E-state index is 12.1. The van der Waals surface area contributed by atoms with Crippen LogP contribution >= 0.6 is 11.6 Å². The molecule has 4 nitrogen and oxygen atoms in total. The van der Waals surface area contributed by atoms with Crippen LogP contribution in [0.4, 0.5) is 0 Å². The summed E-state index contributed by atoms with van der Waals surface area (Å²) in [4.78, 5) is 16.0. The summed E-state index contributed by atoms with van der Waals surface area (Å²) in [5, 5.41) is 4.96. The van der Waals surface area contributed by atoms with Crippen molar-refractivity contribution < 1.29 is 4.79 Å². The third-order valence-electron chi connectivity index (χ3n) is 3.31. The molecule has 0 aromatic carbocycles. The zero-order chi connectivity index (χ0) is 14.5. The first-order valence-electron chi connectivity index (χ1n) is 6.72. The third-order valence-corrected chi connectivity index (χ3v) is 3.75. The van der Waals surface area contributed by atoms with Crippen LogP contribution in [0.3, 0.4) is 0 Å². The van der Waals surface area contributed by atoms with E-state index in [4.69, 9.17) is 11.6 Å². The van der Waals surface area contributed by atoms with Crippen LogP contribution in [0.5, 0.6) is 0 Å². The third kappa shape index (κ3) is 3.45. The van der Waals surface area contributed by atoms with Gasteiger partial charge in [0.25, 0.3) is 0 Å². The predicted octanol–water partition coefficient (Wildman–Crippen LogP) is 2.78. The highest BCUT2D eigenvalue weighted by molar-refractivity contribution is 6.32. The molecule has 0 fully saturated rings. The maximum Gasteiger partial charge on any atom is 0.139 e. The molecule has 0 aliphatic rings. The smallest absolute Gasteiger partial charge is 0.139 e. The van der Waals surface area contributed by atoms with Crippen molar-refractivity contribution in [2.24, 2.45) is 7.05 Å². The Morgan fingerprint density at radius 1 is 1.35 bits per heavy atom. The molecule has 5 heteroatoms. The molecule has 0 amide bonds. The van der Waals surface area contributed by atoms with E-state index < -0.39 is 0 Å². The van der Waals surface area contributed by atoms with Crippen molar-refractivity contribution in [2.45, 2.75) is 32.6 Å². The molecule has 0 saturated heterocycles. The first kappa shape index (κ1) is 14.7. The Morgan fingerprint density at radius 3 is 2.65 bits per heavy atom. The summed E-state index contributed by atoms with van der Waals surface area (Å²) in [7, 11) is 1.83. The van der Waals surface area contributed by atoms with E-state index in [0.717, 1.165) is 29.8 Å². The lowest BCUT2D eigenvalue weighted by Gasteiger charge is -2.03. The number of pyridine rings is 1. The minimum absolute atomic E-state index is 0.175. The highest BCUT2D eigenvalue weighted by atomic mass is 35.5. The Balaban J connectivity index is 1.97. The van der Waals surface area contributed by atoms with Gasteiger partial charge in [0, 0.05) is 32.3 Å². The van der Waals surface area contributed by atoms with Gasteiger partial charge in [0.05, 0.1) is 16.4 Å². The van der Waals surface area contributed by atoms with Crippen LogP contribution in [-0.2, 0) is 31.1 Å². The molecule has 0 atom stereocenters. The van der Waals surface area contributed by atoms with Gasteiger partial charge in [0.1, 0.15) is 5.78 Å². The molecule has 0 bridgehead atoms. The lowest BCUT2D eigenvalue weighted by Crippen LogP contribution is -2.08. The summed E-state index contributed by atoms with van der Waals surface area (Å²) in [6.45, 7) is 2.00. The number of rotatable bonds is 6. The number of halogens is 1. The largest absolute Gasteiger partial charge is 0.299 e. The van der Waals surface area contributed by atoms with E-state index in [1.165, 1.54) is 0 Å². The zero-order valence-electron chi connectivity index (χ0n) is 11.8. The van der Waals surface area contributed by atoms with Gasteiger partial charge >= 0.3 is 0 Å². The van der Waals surface area contributed by atoms with Crippen molar-refractivity contribution in [3.8, 4) is 0 Å². The van der Waals surface area contributed by atoms with Crippen molar-refractivity contribution in [1.29, 1.82) is 0 Å². The summed E-state index contributed by atoms with van der Waals surface area (Å²) in [6, 6.07) is 3.86. The van der Waals surface area contributed by atoms with Crippen molar-refractivity contribution in [3.05, 3.63) is 46.5 Å². The van der Waals surface area contributed by atoms with Gasteiger partial charge in [-0.1, -0.05) is 18.5 Å². The fourth-order valence-corrected chi connectivity index (χ4v) is 2.48. The van der Waals surface area contributed by atoms with E-state index in [2.05, 4.69) is 10.1 Å². The van der Waals surface area contributed by atoms with Gasteiger partial charge in [-0.25, -0.2) is 0 Å². The molecule has 2 heterocycles. The fraction of sp³-hybridized carbons (Fsp3) is 0.400. The van der Waals surface area contributed by atoms with Crippen LogP contribution < -0.4 is 0 Å². The van der Waals surface area contributed by atoms with Crippen molar-refractivity contribution in [2.75, 3.05) is 0 Å². The molecule has 0 saturated carbocycles. The van der Waals surface area contributed by atoms with Crippen LogP contribution in [0, 0.1) is 0 Å². The van der Waals surface area contributed by atoms with Gasteiger partial charge in [0.2, 0.25) is 0 Å². The first-order chi connectivity index (χ1) is 9.61. The monoisotopic (exact) mass is 291 g/mol. The number of aryl methyl sites for hydroxylation is 3. The molecular weight excluding hydrogens is 274 g/mol. The number of carbonyl (C=O) groups is 1. The molecule has 0 unspecified atom stereocenters. The molecule has 0 spiro atoms. The van der Waals surface area contributed by atoms with Crippen LogP contribution in [0.1, 0.15) is 30.3 Å². The number of nitrogens with zero attached hydrogens (tertiary/aromatic N) is 3. The maximum absolute atomic E-state index is 12.1. The first-order valence-corrected chi connectivity index (χ1v) is 7.10. The Labute approximate surface area is 123 Å². The molecule has 2 aromatic heterocycles. The molecule has 0 N–H and O–H groups in total. The second-order valence-electron chi connectivity index (χ2n) is 4.76. The summed E-state index contributed by atoms with van der Waals surface area (Å²) >= 11 is 6.25. The Kier molecular flexibility index (Phi) is 4.90. The van der Waals surface area contributed by atoms with Crippen LogP contribution in [0.15, 0.2) is 24.5 Å². The number of Topliss-reactive ketones (excluding diaryl/α,β-unsaturated/α-hetero) is 1. The highest BCUT2D eigenvalue weighted by Crippen LogP contribution is 2.21. The number of hydrogen-bond donors (Lipinski definition) is 0. The summed E-state index contributed by atoms with van der Waals surface area (Å²) in [6.07, 6.45) is 5.84. The molecule has 20 heavy (non-hydrogen) atoms. The topological polar surface area (TPSA) is 47.8 Å². The second kappa shape index (κ2) is 6.66. The summed E-state index contributed by atoms with van der Waals surface area (Å²) in [5.41, 5.74) is 2.79. The fourth-order valence-electron chi connectivity index (χ4n) is 2.12. The van der Waals surface area contributed by atoms with E-state index in [1.807, 2.05) is 26.1 Å². The Bertz CT molecular complexity index is 593. The lowest BCUT2D eigenvalue weighted by atomic mass is 10.1. The summed E-state index contributed by atoms with van der Waals surface area (Å²) in [5.74, 6) is 0.175. The molecule has 2 aromatic rings. The lowest BCUT2D eigenvalue weighted by molar-refractivity contribution is -0.118. The normalized spacial score (nSPS) is 10.8. The van der Waals surface area contributed by atoms with E-state index in [9.17, 15) is 4.79 Å². The number of hydrogen-bond acceptors (Lipinski definition) is 3. The SMILES string of the molecule is CCc1nn(C)c(CC(=O)CCc2ccncc2)c1Cl. The minimum atomic E-state index is 0.175. The molecule has 0 aliphatic heterocycles. The van der Waals surface area contributed by atoms with Gasteiger partial charge in [-0.15, -0.1) is 0 Å². The second-order valence-corrected chi connectivity index (χ2v) is 5.13. The van der Waals surface area contributed by atoms with Gasteiger partial charge in [-0.05, 0) is 30.5 Å². The number of ketones is 1. The zero-order valence-corrected chi connectivity index (χ0v) is 12.5. The Hall–Kier alpha value is -1.68. The molecule has 0 radical (unpaired) electrons. The number of aromatic nitrogens is 3. The average Bonchev–Trinajstić information content (AvgIpc) is 2.73. The van der Waals surface area contributed by atoms with E-state index >= 15 is 0 Å². The highest BCUT2D eigenvalue weighted by Gasteiger charge is 2.15. The van der Waals surface area contributed by atoms with Crippen LogP contribution in [0.25, 0.3) is 0 Å².